The van der Waals surface area contributed by atoms with E-state index in [1.54, 1.807) is 0 Å². The molecule has 0 aliphatic carbocycles. The van der Waals surface area contributed by atoms with Crippen molar-refractivity contribution in [2.24, 2.45) is 0 Å². The van der Waals surface area contributed by atoms with Crippen LogP contribution < -0.4 is 4.74 Å². The van der Waals surface area contributed by atoms with Gasteiger partial charge in [-0.3, -0.25) is 4.79 Å². The van der Waals surface area contributed by atoms with E-state index in [4.69, 9.17) is 9.15 Å². The van der Waals surface area contributed by atoms with Gasteiger partial charge in [-0.15, -0.1) is 0 Å². The minimum Gasteiger partial charge on any atom is -0.493 e. The van der Waals surface area contributed by atoms with Crippen LogP contribution in [0.4, 0.5) is 0 Å². The van der Waals surface area contributed by atoms with Crippen molar-refractivity contribution in [3.8, 4) is 5.75 Å². The van der Waals surface area contributed by atoms with Crippen molar-refractivity contribution in [2.75, 3.05) is 32.8 Å². The van der Waals surface area contributed by atoms with Crippen molar-refractivity contribution >= 4 is 16.8 Å². The lowest BCUT2D eigenvalue weighted by atomic mass is 9.98. The number of nitrogens with zero attached hydrogens (tertiary/aromatic N) is 1. The van der Waals surface area contributed by atoms with Crippen molar-refractivity contribution in [2.45, 2.75) is 53.4 Å². The van der Waals surface area contributed by atoms with Crippen LogP contribution in [0.1, 0.15) is 68.6 Å². The average Bonchev–Trinajstić information content (AvgIpc) is 3.21. The summed E-state index contributed by atoms with van der Waals surface area (Å²) in [5.74, 6) is 1.62. The maximum absolute atomic E-state index is 13.4. The van der Waals surface area contributed by atoms with Crippen LogP contribution in [0, 0.1) is 0 Å². The molecule has 4 heteroatoms. The predicted octanol–water partition coefficient (Wildman–Crippen LogP) is 6.65. The molecule has 1 heterocycles. The third kappa shape index (κ3) is 5.42. The molecule has 1 aromatic heterocycles. The van der Waals surface area contributed by atoms with Gasteiger partial charge in [0.05, 0.1) is 38.3 Å². The van der Waals surface area contributed by atoms with Gasteiger partial charge in [-0.2, -0.15) is 0 Å². The van der Waals surface area contributed by atoms with E-state index < -0.39 is 0 Å². The van der Waals surface area contributed by atoms with Crippen molar-refractivity contribution in [3.05, 3.63) is 65.4 Å². The van der Waals surface area contributed by atoms with Crippen molar-refractivity contribution in [1.29, 1.82) is 0 Å². The lowest BCUT2D eigenvalue weighted by Crippen LogP contribution is -2.48. The predicted molar refractivity (Wildman–Crippen MR) is 132 cm³/mol. The van der Waals surface area contributed by atoms with Crippen LogP contribution >= 0.6 is 0 Å². The van der Waals surface area contributed by atoms with Crippen LogP contribution in [0.25, 0.3) is 11.0 Å². The number of aryl methyl sites for hydroxylation is 1. The zero-order valence-corrected chi connectivity index (χ0v) is 20.2. The van der Waals surface area contributed by atoms with Gasteiger partial charge in [-0.1, -0.05) is 31.5 Å². The molecule has 0 saturated heterocycles. The maximum atomic E-state index is 13.4. The number of ketones is 1. The molecule has 0 aliphatic heterocycles. The maximum Gasteiger partial charge on any atom is 0.197 e. The van der Waals surface area contributed by atoms with E-state index in [0.29, 0.717) is 17.7 Å². The lowest BCUT2D eigenvalue weighted by Gasteiger charge is -2.35. The Morgan fingerprint density at radius 3 is 2.25 bits per heavy atom. The first-order chi connectivity index (χ1) is 15.6. The molecule has 4 nitrogen and oxygen atoms in total. The molecule has 0 bridgehead atoms. The fraction of sp³-hybridized carbons (Fsp3) is 0.464. The number of para-hydroxylation sites is 1. The van der Waals surface area contributed by atoms with E-state index in [0.717, 1.165) is 78.8 Å². The topological polar surface area (TPSA) is 39.4 Å². The van der Waals surface area contributed by atoms with Crippen molar-refractivity contribution in [3.63, 3.8) is 0 Å². The van der Waals surface area contributed by atoms with E-state index in [-0.39, 0.29) is 5.78 Å². The molecule has 0 amide bonds. The van der Waals surface area contributed by atoms with Crippen LogP contribution in [0.2, 0.25) is 0 Å². The Balaban J connectivity index is 1.68. The number of rotatable bonds is 13. The van der Waals surface area contributed by atoms with Crippen LogP contribution in [0.5, 0.6) is 5.75 Å². The summed E-state index contributed by atoms with van der Waals surface area (Å²) < 4.78 is 13.1. The first kappa shape index (κ1) is 24.1. The summed E-state index contributed by atoms with van der Waals surface area (Å²) in [6.45, 7) is 14.2. The fourth-order valence-electron chi connectivity index (χ4n) is 4.44. The van der Waals surface area contributed by atoms with E-state index in [2.05, 4.69) is 27.7 Å². The molecular weight excluding hydrogens is 398 g/mol. The Morgan fingerprint density at radius 1 is 0.906 bits per heavy atom. The highest BCUT2D eigenvalue weighted by Crippen LogP contribution is 2.29. The number of unbranched alkanes of at least 4 members (excludes halogenated alkanes) is 1. The Hall–Kier alpha value is -2.59. The fourth-order valence-corrected chi connectivity index (χ4v) is 4.44. The number of furan rings is 1. The Bertz CT molecular complexity index is 991. The lowest BCUT2D eigenvalue weighted by molar-refractivity contribution is -0.923. The Labute approximate surface area is 192 Å². The summed E-state index contributed by atoms with van der Waals surface area (Å²) in [5.41, 5.74) is 2.15. The summed E-state index contributed by atoms with van der Waals surface area (Å²) in [6, 6.07) is 15.4. The molecule has 0 fully saturated rings. The minimum absolute atomic E-state index is 0.0172. The van der Waals surface area contributed by atoms with Gasteiger partial charge in [-0.05, 0) is 57.5 Å². The second-order valence-corrected chi connectivity index (χ2v) is 8.57. The first-order valence-electron chi connectivity index (χ1n) is 12.2. The molecule has 0 unspecified atom stereocenters. The smallest absolute Gasteiger partial charge is 0.197 e. The summed E-state index contributed by atoms with van der Waals surface area (Å²) in [7, 11) is 0. The van der Waals surface area contributed by atoms with Crippen LogP contribution in [0.3, 0.4) is 0 Å². The number of fused-ring (bicyclic) bond motifs is 1. The largest absolute Gasteiger partial charge is 0.493 e. The quantitative estimate of drug-likeness (QED) is 0.171. The molecule has 0 N–H and O–H groups in total. The SMILES string of the molecule is CCCCc1oc2ccccc2c1C(=O)c1ccc(OCCC[N+](CC)(CC)CC)cc1. The van der Waals surface area contributed by atoms with Crippen LogP contribution in [-0.2, 0) is 6.42 Å². The molecule has 0 radical (unpaired) electrons. The van der Waals surface area contributed by atoms with E-state index in [9.17, 15) is 4.79 Å². The van der Waals surface area contributed by atoms with Gasteiger partial charge in [0, 0.05) is 23.8 Å². The molecule has 32 heavy (non-hydrogen) atoms. The third-order valence-electron chi connectivity index (χ3n) is 6.83. The van der Waals surface area contributed by atoms with Gasteiger partial charge in [-0.25, -0.2) is 0 Å². The normalized spacial score (nSPS) is 11.8. The van der Waals surface area contributed by atoms with Gasteiger partial charge in [0.2, 0.25) is 0 Å². The Morgan fingerprint density at radius 2 is 1.59 bits per heavy atom. The molecule has 172 valence electrons. The number of benzene rings is 2. The summed E-state index contributed by atoms with van der Waals surface area (Å²) in [5, 5.41) is 0.897. The second kappa shape index (κ2) is 11.3. The van der Waals surface area contributed by atoms with Gasteiger partial charge >= 0.3 is 0 Å². The van der Waals surface area contributed by atoms with Crippen LogP contribution in [-0.4, -0.2) is 43.1 Å². The van der Waals surface area contributed by atoms with E-state index in [1.165, 1.54) is 0 Å². The molecule has 0 saturated carbocycles. The van der Waals surface area contributed by atoms with Crippen LogP contribution in [0.15, 0.2) is 52.9 Å². The molecular formula is C28H38NO3+. The molecule has 0 aliphatic rings. The molecule has 3 rings (SSSR count). The Kier molecular flexibility index (Phi) is 8.52. The van der Waals surface area contributed by atoms with E-state index >= 15 is 0 Å². The first-order valence-corrected chi connectivity index (χ1v) is 12.2. The van der Waals surface area contributed by atoms with Crippen molar-refractivity contribution < 1.29 is 18.4 Å². The molecule has 0 spiro atoms. The minimum atomic E-state index is 0.0172. The molecule has 3 aromatic rings. The summed E-state index contributed by atoms with van der Waals surface area (Å²) in [6.07, 6.45) is 3.87. The number of carbonyl (C=O) groups is 1. The van der Waals surface area contributed by atoms with Crippen molar-refractivity contribution in [1.82, 2.24) is 0 Å². The molecule has 0 atom stereocenters. The number of carbonyl (C=O) groups excluding carboxylic acids is 1. The number of quaternary nitrogens is 1. The van der Waals surface area contributed by atoms with E-state index in [1.807, 2.05) is 48.5 Å². The van der Waals surface area contributed by atoms with Gasteiger partial charge in [0.25, 0.3) is 0 Å². The van der Waals surface area contributed by atoms with Gasteiger partial charge in [0.1, 0.15) is 17.1 Å². The zero-order chi connectivity index (χ0) is 23.0. The summed E-state index contributed by atoms with van der Waals surface area (Å²) >= 11 is 0. The molecule has 2 aromatic carbocycles. The zero-order valence-electron chi connectivity index (χ0n) is 20.2. The standard InChI is InChI=1S/C28H38NO3/c1-5-9-14-26-27(24-13-10-11-15-25(24)32-26)28(30)22-16-18-23(19-17-22)31-21-12-20-29(6-2,7-3)8-4/h10-11,13,15-19H,5-9,12,14,20-21H2,1-4H3/q+1. The van der Waals surface area contributed by atoms with Gasteiger partial charge < -0.3 is 13.6 Å². The summed E-state index contributed by atoms with van der Waals surface area (Å²) in [4.78, 5) is 13.4. The number of hydrogen-bond acceptors (Lipinski definition) is 3. The second-order valence-electron chi connectivity index (χ2n) is 8.57. The average molecular weight is 437 g/mol. The highest BCUT2D eigenvalue weighted by Gasteiger charge is 2.22. The van der Waals surface area contributed by atoms with Gasteiger partial charge in [0.15, 0.2) is 5.78 Å². The third-order valence-corrected chi connectivity index (χ3v) is 6.83. The monoisotopic (exact) mass is 436 g/mol. The highest BCUT2D eigenvalue weighted by atomic mass is 16.5. The number of hydrogen-bond donors (Lipinski definition) is 0. The highest BCUT2D eigenvalue weighted by molar-refractivity contribution is 6.16. The number of ether oxygens (including phenoxy) is 1.